The molecule has 1 saturated heterocycles. The van der Waals surface area contributed by atoms with E-state index in [4.69, 9.17) is 32.6 Å². The maximum atomic E-state index is 9.11. The van der Waals surface area contributed by atoms with Crippen molar-refractivity contribution < 1.29 is 0 Å². The van der Waals surface area contributed by atoms with Crippen molar-refractivity contribution in [2.75, 3.05) is 24.1 Å². The molecule has 3 N–H and O–H groups in total. The Hall–Kier alpha value is -5.11. The second-order valence-corrected chi connectivity index (χ2v) is 11.6. The quantitative estimate of drug-likeness (QED) is 0.170. The summed E-state index contributed by atoms with van der Waals surface area (Å²) in [6.07, 6.45) is 9.88. The van der Waals surface area contributed by atoms with E-state index in [1.54, 1.807) is 12.3 Å². The normalized spacial score (nSPS) is 14.8. The number of halogens is 1. The molecule has 0 spiro atoms. The number of nitrogens with zero attached hydrogens (tertiary/aromatic N) is 8. The Morgan fingerprint density at radius 3 is 2.61 bits per heavy atom. The van der Waals surface area contributed by atoms with Crippen molar-refractivity contribution in [3.8, 4) is 23.1 Å². The average molecular weight is 631 g/mol. The zero-order chi connectivity index (χ0) is 32.0. The first-order chi connectivity index (χ1) is 22.5. The number of aromatic nitrogens is 6. The molecule has 10 nitrogen and oxygen atoms in total. The summed E-state index contributed by atoms with van der Waals surface area (Å²) in [5.41, 5.74) is 12.7. The van der Waals surface area contributed by atoms with Crippen LogP contribution >= 0.6 is 11.6 Å². The first-order valence-corrected chi connectivity index (χ1v) is 15.8. The van der Waals surface area contributed by atoms with Crippen LogP contribution in [-0.2, 0) is 6.54 Å². The molecule has 0 bridgehead atoms. The van der Waals surface area contributed by atoms with E-state index in [9.17, 15) is 0 Å². The van der Waals surface area contributed by atoms with Gasteiger partial charge in [0.05, 0.1) is 11.3 Å². The van der Waals surface area contributed by atoms with Crippen LogP contribution in [0.3, 0.4) is 0 Å². The van der Waals surface area contributed by atoms with Gasteiger partial charge in [0.2, 0.25) is 0 Å². The van der Waals surface area contributed by atoms with Crippen molar-refractivity contribution in [3.63, 3.8) is 0 Å². The molecule has 4 aromatic heterocycles. The molecule has 1 aliphatic heterocycles. The zero-order valence-corrected chi connectivity index (χ0v) is 26.6. The number of pyridine rings is 2. The van der Waals surface area contributed by atoms with Crippen molar-refractivity contribution in [3.05, 3.63) is 101 Å². The Bertz CT molecular complexity index is 1950. The monoisotopic (exact) mass is 630 g/mol. The van der Waals surface area contributed by atoms with Crippen LogP contribution in [0.1, 0.15) is 50.1 Å². The van der Waals surface area contributed by atoms with E-state index in [0.29, 0.717) is 39.9 Å². The molecule has 0 aliphatic carbocycles. The number of nitrogens with one attached hydrogen (secondary N) is 1. The highest BCUT2D eigenvalue weighted by Crippen LogP contribution is 2.33. The van der Waals surface area contributed by atoms with Gasteiger partial charge in [-0.2, -0.15) is 5.26 Å². The molecule has 0 radical (unpaired) electrons. The lowest BCUT2D eigenvalue weighted by Gasteiger charge is -2.32. The van der Waals surface area contributed by atoms with Gasteiger partial charge in [-0.25, -0.2) is 24.9 Å². The summed E-state index contributed by atoms with van der Waals surface area (Å²) in [6, 6.07) is 20.3. The predicted molar refractivity (Wildman–Crippen MR) is 183 cm³/mol. The first-order valence-electron chi connectivity index (χ1n) is 15.4. The van der Waals surface area contributed by atoms with Crippen molar-refractivity contribution in [2.24, 2.45) is 0 Å². The summed E-state index contributed by atoms with van der Waals surface area (Å²) in [7, 11) is 0. The number of benzene rings is 1. The van der Waals surface area contributed by atoms with Gasteiger partial charge in [-0.05, 0) is 68.1 Å². The van der Waals surface area contributed by atoms with Gasteiger partial charge in [0.25, 0.3) is 0 Å². The van der Waals surface area contributed by atoms with Gasteiger partial charge in [0, 0.05) is 54.2 Å². The number of hydrogen-bond acceptors (Lipinski definition) is 9. The van der Waals surface area contributed by atoms with Gasteiger partial charge in [-0.3, -0.25) is 9.47 Å². The van der Waals surface area contributed by atoms with Gasteiger partial charge in [0.15, 0.2) is 11.5 Å². The molecule has 0 amide bonds. The molecule has 1 fully saturated rings. The van der Waals surface area contributed by atoms with Gasteiger partial charge >= 0.3 is 0 Å². The molecular weight excluding hydrogens is 596 g/mol. The van der Waals surface area contributed by atoms with Gasteiger partial charge in [-0.1, -0.05) is 42.8 Å². The van der Waals surface area contributed by atoms with Crippen LogP contribution < -0.4 is 11.1 Å². The highest BCUT2D eigenvalue weighted by atomic mass is 35.5. The van der Waals surface area contributed by atoms with E-state index in [1.165, 1.54) is 11.9 Å². The lowest BCUT2D eigenvalue weighted by Crippen LogP contribution is -2.38. The molecule has 5 heterocycles. The van der Waals surface area contributed by atoms with Crippen LogP contribution in [0.15, 0.2) is 84.3 Å². The number of nitrogen functional groups attached to an aromatic ring is 1. The number of piperidine rings is 1. The zero-order valence-electron chi connectivity index (χ0n) is 25.9. The third-order valence-electron chi connectivity index (χ3n) is 8.11. The third-order valence-corrected chi connectivity index (χ3v) is 8.47. The standard InChI is InChI=1S/C35H35ClN10/c1-3-6-29(36)27(4-2)30-12-13-31-35(43-30)46(34(44-31)28-7-5-16-39-33(28)38)26-10-8-23(9-11-26)21-45-17-14-24(15-18-45)42-32-19-25(20-37)40-22-41-32/h4-13,16,19,22,24H,3,14-15,17-18,21H2,1-2H3,(H2,38,39)(H,40,41,42)/b27-4+,29-6+. The Balaban J connectivity index is 1.25. The molecule has 1 aliphatic rings. The van der Waals surface area contributed by atoms with Gasteiger partial charge in [0.1, 0.15) is 35.2 Å². The Kier molecular flexibility index (Phi) is 9.33. The van der Waals surface area contributed by atoms with E-state index >= 15 is 0 Å². The molecular formula is C35H35ClN10. The third kappa shape index (κ3) is 6.61. The lowest BCUT2D eigenvalue weighted by molar-refractivity contribution is 0.211. The van der Waals surface area contributed by atoms with Crippen molar-refractivity contribution in [1.29, 1.82) is 5.26 Å². The molecule has 11 heteroatoms. The van der Waals surface area contributed by atoms with Crippen molar-refractivity contribution in [2.45, 2.75) is 45.7 Å². The number of nitrogens with two attached hydrogens (primary N) is 1. The number of imidazole rings is 1. The second kappa shape index (κ2) is 13.9. The minimum Gasteiger partial charge on any atom is -0.383 e. The van der Waals surface area contributed by atoms with Crippen LogP contribution in [0, 0.1) is 11.3 Å². The number of fused-ring (bicyclic) bond motifs is 1. The summed E-state index contributed by atoms with van der Waals surface area (Å²) in [6.45, 7) is 6.79. The first kappa shape index (κ1) is 30.9. The molecule has 46 heavy (non-hydrogen) atoms. The Morgan fingerprint density at radius 1 is 1.09 bits per heavy atom. The van der Waals surface area contributed by atoms with Gasteiger partial charge < -0.3 is 11.1 Å². The minimum atomic E-state index is 0.306. The van der Waals surface area contributed by atoms with E-state index in [2.05, 4.69) is 62.4 Å². The Labute approximate surface area is 273 Å². The molecule has 1 aromatic carbocycles. The highest BCUT2D eigenvalue weighted by molar-refractivity contribution is 6.36. The van der Waals surface area contributed by atoms with Gasteiger partial charge in [-0.15, -0.1) is 0 Å². The number of nitriles is 1. The van der Waals surface area contributed by atoms with E-state index < -0.39 is 0 Å². The number of anilines is 2. The van der Waals surface area contributed by atoms with Crippen LogP contribution in [0.2, 0.25) is 0 Å². The maximum absolute atomic E-state index is 9.11. The number of likely N-dealkylation sites (tertiary alicyclic amines) is 1. The molecule has 0 atom stereocenters. The van der Waals surface area contributed by atoms with Crippen LogP contribution in [-0.4, -0.2) is 53.5 Å². The smallest absolute Gasteiger partial charge is 0.165 e. The molecule has 0 saturated carbocycles. The van der Waals surface area contributed by atoms with Crippen LogP contribution in [0.5, 0.6) is 0 Å². The fourth-order valence-corrected chi connectivity index (χ4v) is 6.15. The topological polar surface area (TPSA) is 134 Å². The second-order valence-electron chi connectivity index (χ2n) is 11.2. The Morgan fingerprint density at radius 2 is 1.89 bits per heavy atom. The van der Waals surface area contributed by atoms with Crippen molar-refractivity contribution in [1.82, 2.24) is 34.4 Å². The summed E-state index contributed by atoms with van der Waals surface area (Å²) in [5, 5.41) is 13.2. The summed E-state index contributed by atoms with van der Waals surface area (Å²) < 4.78 is 2.04. The minimum absolute atomic E-state index is 0.306. The maximum Gasteiger partial charge on any atom is 0.165 e. The SMILES string of the molecule is C/C=C(\C(Cl)=C/CC)c1ccc2nc(-c3cccnc3N)n(-c3ccc(CN4CCC(Nc5cc(C#N)ncn5)CC4)cc3)c2n1. The summed E-state index contributed by atoms with van der Waals surface area (Å²) >= 11 is 6.65. The van der Waals surface area contributed by atoms with Crippen LogP contribution in [0.25, 0.3) is 33.8 Å². The summed E-state index contributed by atoms with van der Waals surface area (Å²) in [4.78, 5) is 25.0. The number of hydrogen-bond donors (Lipinski definition) is 2. The molecule has 6 rings (SSSR count). The molecule has 0 unspecified atom stereocenters. The molecule has 232 valence electrons. The van der Waals surface area contributed by atoms with E-state index in [-0.39, 0.29) is 0 Å². The van der Waals surface area contributed by atoms with E-state index in [0.717, 1.165) is 66.9 Å². The van der Waals surface area contributed by atoms with Crippen molar-refractivity contribution >= 4 is 40.0 Å². The number of allylic oxidation sites excluding steroid dienone is 4. The lowest BCUT2D eigenvalue weighted by atomic mass is 10.0. The number of rotatable bonds is 9. The van der Waals surface area contributed by atoms with E-state index in [1.807, 2.05) is 47.9 Å². The average Bonchev–Trinajstić information content (AvgIpc) is 3.45. The predicted octanol–water partition coefficient (Wildman–Crippen LogP) is 6.74. The molecule has 5 aromatic rings. The largest absolute Gasteiger partial charge is 0.383 e. The fraction of sp³-hybridized carbons (Fsp3) is 0.257. The fourth-order valence-electron chi connectivity index (χ4n) is 5.79. The summed E-state index contributed by atoms with van der Waals surface area (Å²) in [5.74, 6) is 1.78. The highest BCUT2D eigenvalue weighted by Gasteiger charge is 2.21. The van der Waals surface area contributed by atoms with Crippen LogP contribution in [0.4, 0.5) is 11.6 Å².